The highest BCUT2D eigenvalue weighted by Gasteiger charge is 2.27. The summed E-state index contributed by atoms with van der Waals surface area (Å²) < 4.78 is 0. The van der Waals surface area contributed by atoms with Gasteiger partial charge in [-0.15, -0.1) is 0 Å². The molecule has 2 unspecified atom stereocenters. The van der Waals surface area contributed by atoms with Crippen molar-refractivity contribution in [2.75, 3.05) is 12.4 Å². The third kappa shape index (κ3) is 3.01. The van der Waals surface area contributed by atoms with Crippen molar-refractivity contribution >= 4 is 29.1 Å². The number of allylic oxidation sites excluding steroid dienone is 2. The summed E-state index contributed by atoms with van der Waals surface area (Å²) in [6.45, 7) is 0. The van der Waals surface area contributed by atoms with E-state index in [0.717, 1.165) is 35.7 Å². The van der Waals surface area contributed by atoms with Crippen LogP contribution in [0.5, 0.6) is 0 Å². The van der Waals surface area contributed by atoms with Crippen LogP contribution in [-0.2, 0) is 0 Å². The number of aliphatic imine (C=N–C) groups is 1. The third-order valence-corrected chi connectivity index (χ3v) is 4.71. The number of hydrogen-bond donors (Lipinski definition) is 2. The number of carbonyl (C=O) groups excluding carboxylic acids is 1. The normalized spacial score (nSPS) is 24.7. The predicted octanol–water partition coefficient (Wildman–Crippen LogP) is 2.42. The van der Waals surface area contributed by atoms with E-state index in [1.165, 1.54) is 0 Å². The standard InChI is InChI=1S/C15H18N4OS/c1-17-13-6-5-10(8-18-13)14(20)9-3-2-4-11-12(7-9)21-15(16)19-11/h5-9,15H,2-4,16H2,1H3,(H,17,18). The lowest BCUT2D eigenvalue weighted by Gasteiger charge is -2.10. The molecule has 0 saturated carbocycles. The Bertz CT molecular complexity index is 609. The lowest BCUT2D eigenvalue weighted by atomic mass is 9.94. The van der Waals surface area contributed by atoms with Gasteiger partial charge in [0.05, 0.1) is 5.71 Å². The van der Waals surface area contributed by atoms with Crippen molar-refractivity contribution < 1.29 is 4.79 Å². The van der Waals surface area contributed by atoms with E-state index in [1.807, 2.05) is 18.2 Å². The quantitative estimate of drug-likeness (QED) is 0.838. The molecule has 0 fully saturated rings. The van der Waals surface area contributed by atoms with E-state index < -0.39 is 0 Å². The molecule has 0 saturated heterocycles. The first-order chi connectivity index (χ1) is 10.2. The van der Waals surface area contributed by atoms with Crippen molar-refractivity contribution in [1.29, 1.82) is 0 Å². The van der Waals surface area contributed by atoms with Crippen LogP contribution in [-0.4, -0.2) is 29.0 Å². The van der Waals surface area contributed by atoms with Crippen LogP contribution in [0.4, 0.5) is 5.82 Å². The Kier molecular flexibility index (Phi) is 4.07. The van der Waals surface area contributed by atoms with E-state index in [4.69, 9.17) is 5.73 Å². The van der Waals surface area contributed by atoms with Gasteiger partial charge < -0.3 is 11.1 Å². The first kappa shape index (κ1) is 14.3. The van der Waals surface area contributed by atoms with Gasteiger partial charge in [-0.1, -0.05) is 17.8 Å². The number of nitrogens with zero attached hydrogens (tertiary/aromatic N) is 2. The number of hydrogen-bond acceptors (Lipinski definition) is 6. The second-order valence-corrected chi connectivity index (χ2v) is 6.32. The maximum atomic E-state index is 12.6. The molecule has 1 aromatic rings. The number of thioether (sulfide) groups is 1. The molecule has 1 aromatic heterocycles. The molecule has 0 spiro atoms. The highest BCUT2D eigenvalue weighted by Crippen LogP contribution is 2.35. The minimum absolute atomic E-state index is 0.104. The Hall–Kier alpha value is -1.66. The van der Waals surface area contributed by atoms with Crippen LogP contribution in [0, 0.1) is 5.92 Å². The SMILES string of the molecule is CNc1ccc(C(=O)C2C=C3SC(N)N=C3CCC2)cn1. The van der Waals surface area contributed by atoms with Gasteiger partial charge in [0.25, 0.3) is 0 Å². The molecule has 1 aliphatic heterocycles. The predicted molar refractivity (Wildman–Crippen MR) is 86.5 cm³/mol. The molecular formula is C15H18N4OS. The number of nitrogens with one attached hydrogen (secondary N) is 1. The van der Waals surface area contributed by atoms with Gasteiger partial charge in [0, 0.05) is 29.6 Å². The van der Waals surface area contributed by atoms with Gasteiger partial charge in [0.2, 0.25) is 0 Å². The number of carbonyl (C=O) groups is 1. The zero-order valence-electron chi connectivity index (χ0n) is 11.9. The molecule has 0 radical (unpaired) electrons. The maximum Gasteiger partial charge on any atom is 0.171 e. The van der Waals surface area contributed by atoms with Crippen LogP contribution in [0.25, 0.3) is 0 Å². The fourth-order valence-electron chi connectivity index (χ4n) is 2.63. The van der Waals surface area contributed by atoms with Crippen LogP contribution in [0.1, 0.15) is 29.6 Å². The van der Waals surface area contributed by atoms with Crippen molar-refractivity contribution in [1.82, 2.24) is 4.98 Å². The Morgan fingerprint density at radius 2 is 2.33 bits per heavy atom. The van der Waals surface area contributed by atoms with Crippen LogP contribution in [0.3, 0.4) is 0 Å². The van der Waals surface area contributed by atoms with Gasteiger partial charge in [-0.05, 0) is 31.4 Å². The number of Topliss-reactive ketones (excluding diaryl/α,β-unsaturated/α-hetero) is 1. The fourth-order valence-corrected chi connectivity index (χ4v) is 3.60. The highest BCUT2D eigenvalue weighted by atomic mass is 32.2. The third-order valence-electron chi connectivity index (χ3n) is 3.74. The number of pyridine rings is 1. The maximum absolute atomic E-state index is 12.6. The molecule has 1 aliphatic carbocycles. The second-order valence-electron chi connectivity index (χ2n) is 5.16. The number of nitrogens with two attached hydrogens (primary N) is 1. The fraction of sp³-hybridized carbons (Fsp3) is 0.400. The van der Waals surface area contributed by atoms with E-state index in [9.17, 15) is 4.79 Å². The van der Waals surface area contributed by atoms with Crippen molar-refractivity contribution in [2.24, 2.45) is 16.6 Å². The molecule has 0 bridgehead atoms. The summed E-state index contributed by atoms with van der Waals surface area (Å²) in [7, 11) is 1.81. The van der Waals surface area contributed by atoms with Crippen LogP contribution in [0.2, 0.25) is 0 Å². The topological polar surface area (TPSA) is 80.4 Å². The number of ketones is 1. The first-order valence-electron chi connectivity index (χ1n) is 7.06. The molecule has 21 heavy (non-hydrogen) atoms. The van der Waals surface area contributed by atoms with E-state index >= 15 is 0 Å². The lowest BCUT2D eigenvalue weighted by molar-refractivity contribution is 0.0939. The molecule has 2 heterocycles. The van der Waals surface area contributed by atoms with Crippen molar-refractivity contribution in [3.63, 3.8) is 0 Å². The zero-order chi connectivity index (χ0) is 14.8. The molecule has 6 heteroatoms. The molecule has 3 rings (SSSR count). The van der Waals surface area contributed by atoms with E-state index in [2.05, 4.69) is 15.3 Å². The molecule has 5 nitrogen and oxygen atoms in total. The summed E-state index contributed by atoms with van der Waals surface area (Å²) in [5.41, 5.74) is 7.35. The molecular weight excluding hydrogens is 284 g/mol. The summed E-state index contributed by atoms with van der Waals surface area (Å²) in [6, 6.07) is 3.65. The van der Waals surface area contributed by atoms with Gasteiger partial charge in [-0.3, -0.25) is 9.79 Å². The largest absolute Gasteiger partial charge is 0.373 e. The van der Waals surface area contributed by atoms with Gasteiger partial charge >= 0.3 is 0 Å². The van der Waals surface area contributed by atoms with Gasteiger partial charge in [-0.2, -0.15) is 0 Å². The minimum atomic E-state index is -0.211. The Morgan fingerprint density at radius 1 is 1.48 bits per heavy atom. The molecule has 0 aromatic carbocycles. The van der Waals surface area contributed by atoms with E-state index in [1.54, 1.807) is 25.0 Å². The molecule has 2 aliphatic rings. The summed E-state index contributed by atoms with van der Waals surface area (Å²) in [4.78, 5) is 22.3. The van der Waals surface area contributed by atoms with Gasteiger partial charge in [-0.25, -0.2) is 4.98 Å². The Morgan fingerprint density at radius 3 is 3.05 bits per heavy atom. The average Bonchev–Trinajstić information content (AvgIpc) is 2.73. The summed E-state index contributed by atoms with van der Waals surface area (Å²) in [6.07, 6.45) is 6.40. The Balaban J connectivity index is 1.82. The van der Waals surface area contributed by atoms with Crippen molar-refractivity contribution in [2.45, 2.75) is 24.8 Å². The van der Waals surface area contributed by atoms with E-state index in [-0.39, 0.29) is 17.2 Å². The zero-order valence-corrected chi connectivity index (χ0v) is 12.7. The first-order valence-corrected chi connectivity index (χ1v) is 7.94. The van der Waals surface area contributed by atoms with Gasteiger partial charge in [0.15, 0.2) is 5.78 Å². The monoisotopic (exact) mass is 302 g/mol. The molecule has 0 amide bonds. The van der Waals surface area contributed by atoms with Crippen LogP contribution < -0.4 is 11.1 Å². The minimum Gasteiger partial charge on any atom is -0.373 e. The van der Waals surface area contributed by atoms with Crippen molar-refractivity contribution in [3.8, 4) is 0 Å². The smallest absolute Gasteiger partial charge is 0.171 e. The summed E-state index contributed by atoms with van der Waals surface area (Å²) >= 11 is 1.54. The number of aromatic nitrogens is 1. The molecule has 110 valence electrons. The van der Waals surface area contributed by atoms with E-state index in [0.29, 0.717) is 5.56 Å². The second kappa shape index (κ2) is 5.99. The van der Waals surface area contributed by atoms with Crippen LogP contribution >= 0.6 is 11.8 Å². The van der Waals surface area contributed by atoms with Crippen molar-refractivity contribution in [3.05, 3.63) is 34.9 Å². The lowest BCUT2D eigenvalue weighted by Crippen LogP contribution is -2.13. The summed E-state index contributed by atoms with van der Waals surface area (Å²) in [5, 5.41) is 2.95. The highest BCUT2D eigenvalue weighted by molar-refractivity contribution is 8.04. The molecule has 2 atom stereocenters. The van der Waals surface area contributed by atoms with Crippen LogP contribution in [0.15, 0.2) is 34.3 Å². The Labute approximate surface area is 128 Å². The summed E-state index contributed by atoms with van der Waals surface area (Å²) in [5.74, 6) is 0.783. The molecule has 3 N–H and O–H groups in total. The number of rotatable bonds is 3. The number of anilines is 1. The van der Waals surface area contributed by atoms with Gasteiger partial charge in [0.1, 0.15) is 11.3 Å². The number of fused-ring (bicyclic) bond motifs is 1. The average molecular weight is 302 g/mol.